The molecule has 0 bridgehead atoms. The van der Waals surface area contributed by atoms with E-state index in [-0.39, 0.29) is 11.3 Å². The number of nitrogens with zero attached hydrogens (tertiary/aromatic N) is 1. The minimum atomic E-state index is -0.189. The predicted molar refractivity (Wildman–Crippen MR) is 112 cm³/mol. The summed E-state index contributed by atoms with van der Waals surface area (Å²) in [5, 5.41) is 10.6. The average Bonchev–Trinajstić information content (AvgIpc) is 3.09. The molecule has 26 heavy (non-hydrogen) atoms. The molecule has 2 N–H and O–H groups in total. The molecule has 0 saturated heterocycles. The van der Waals surface area contributed by atoms with Gasteiger partial charge in [0.05, 0.1) is 16.1 Å². The molecule has 0 radical (unpaired) electrons. The Balaban J connectivity index is 1.88. The lowest BCUT2D eigenvalue weighted by Crippen LogP contribution is -2.08. The van der Waals surface area contributed by atoms with E-state index in [2.05, 4.69) is 9.97 Å². The molecule has 0 amide bonds. The number of hydrogen-bond acceptors (Lipinski definition) is 5. The van der Waals surface area contributed by atoms with Gasteiger partial charge in [-0.05, 0) is 46.4 Å². The van der Waals surface area contributed by atoms with Gasteiger partial charge in [0, 0.05) is 10.4 Å². The molecule has 0 atom stereocenters. The third-order valence-corrected chi connectivity index (χ3v) is 5.88. The highest BCUT2D eigenvalue weighted by Crippen LogP contribution is 2.36. The number of aromatic nitrogens is 2. The van der Waals surface area contributed by atoms with Crippen molar-refractivity contribution in [3.63, 3.8) is 0 Å². The molecule has 0 fully saturated rings. The van der Waals surface area contributed by atoms with Crippen LogP contribution in [0.2, 0.25) is 0 Å². The Morgan fingerprint density at radius 1 is 1.15 bits per heavy atom. The van der Waals surface area contributed by atoms with E-state index in [9.17, 15) is 9.90 Å². The zero-order valence-corrected chi connectivity index (χ0v) is 16.6. The zero-order valence-electron chi connectivity index (χ0n) is 13.6. The van der Waals surface area contributed by atoms with Crippen molar-refractivity contribution in [1.29, 1.82) is 0 Å². The van der Waals surface area contributed by atoms with Crippen LogP contribution in [0.25, 0.3) is 32.0 Å². The van der Waals surface area contributed by atoms with Crippen LogP contribution < -0.4 is 10.3 Å². The topological polar surface area (TPSA) is 75.2 Å². The maximum atomic E-state index is 12.6. The molecule has 5 nitrogen and oxygen atoms in total. The predicted octanol–water partition coefficient (Wildman–Crippen LogP) is 4.64. The van der Waals surface area contributed by atoms with Crippen LogP contribution in [-0.2, 0) is 0 Å². The second-order valence-electron chi connectivity index (χ2n) is 5.62. The zero-order chi connectivity index (χ0) is 18.3. The van der Waals surface area contributed by atoms with E-state index in [4.69, 9.17) is 4.74 Å². The SMILES string of the molecule is COc1cc(-c2nc3sc(-c4ccccc4)cc3c(=O)[nH]2)cc(I)c1O. The van der Waals surface area contributed by atoms with Gasteiger partial charge in [-0.1, -0.05) is 30.3 Å². The van der Waals surface area contributed by atoms with Crippen molar-refractivity contribution in [2.45, 2.75) is 0 Å². The number of halogens is 1. The van der Waals surface area contributed by atoms with E-state index in [1.807, 2.05) is 59.0 Å². The number of thiophene rings is 1. The fourth-order valence-electron chi connectivity index (χ4n) is 2.68. The molecule has 7 heteroatoms. The molecule has 4 rings (SSSR count). The van der Waals surface area contributed by atoms with Crippen LogP contribution in [-0.4, -0.2) is 22.2 Å². The Morgan fingerprint density at radius 2 is 1.92 bits per heavy atom. The second-order valence-corrected chi connectivity index (χ2v) is 7.81. The van der Waals surface area contributed by atoms with E-state index in [1.165, 1.54) is 18.4 Å². The van der Waals surface area contributed by atoms with Gasteiger partial charge in [0.1, 0.15) is 10.7 Å². The van der Waals surface area contributed by atoms with Crippen LogP contribution in [0.5, 0.6) is 11.5 Å². The summed E-state index contributed by atoms with van der Waals surface area (Å²) in [4.78, 5) is 21.7. The van der Waals surface area contributed by atoms with Crippen molar-refractivity contribution in [3.05, 3.63) is 62.5 Å². The summed E-state index contributed by atoms with van der Waals surface area (Å²) in [6.45, 7) is 0. The standard InChI is InChI=1S/C19H13IN2O3S/c1-25-14-8-11(7-13(20)16(14)23)17-21-18(24)12-9-15(26-19(12)22-17)10-5-3-2-4-6-10/h2-9,23H,1H3,(H,21,22,24). The number of ether oxygens (including phenoxy) is 1. The second kappa shape index (κ2) is 6.73. The number of hydrogen-bond donors (Lipinski definition) is 2. The Kier molecular flexibility index (Phi) is 4.41. The van der Waals surface area contributed by atoms with Crippen molar-refractivity contribution < 1.29 is 9.84 Å². The molecular weight excluding hydrogens is 463 g/mol. The van der Waals surface area contributed by atoms with E-state index in [0.29, 0.717) is 30.9 Å². The highest BCUT2D eigenvalue weighted by molar-refractivity contribution is 14.1. The highest BCUT2D eigenvalue weighted by atomic mass is 127. The number of nitrogens with one attached hydrogen (secondary N) is 1. The first kappa shape index (κ1) is 17.0. The first-order chi connectivity index (χ1) is 12.6. The summed E-state index contributed by atoms with van der Waals surface area (Å²) in [6.07, 6.45) is 0. The largest absolute Gasteiger partial charge is 0.504 e. The fraction of sp³-hybridized carbons (Fsp3) is 0.0526. The van der Waals surface area contributed by atoms with Crippen LogP contribution in [0.15, 0.2) is 53.3 Å². The number of aromatic amines is 1. The molecule has 2 aromatic heterocycles. The van der Waals surface area contributed by atoms with E-state index in [1.54, 1.807) is 12.1 Å². The molecular formula is C19H13IN2O3S. The van der Waals surface area contributed by atoms with Gasteiger partial charge in [0.25, 0.3) is 5.56 Å². The van der Waals surface area contributed by atoms with Crippen molar-refractivity contribution in [1.82, 2.24) is 9.97 Å². The van der Waals surface area contributed by atoms with E-state index < -0.39 is 0 Å². The average molecular weight is 476 g/mol. The number of fused-ring (bicyclic) bond motifs is 1. The molecule has 0 saturated carbocycles. The van der Waals surface area contributed by atoms with Crippen molar-refractivity contribution in [2.75, 3.05) is 7.11 Å². The maximum absolute atomic E-state index is 12.6. The van der Waals surface area contributed by atoms with Crippen molar-refractivity contribution in [2.24, 2.45) is 0 Å². The van der Waals surface area contributed by atoms with Crippen LogP contribution in [0, 0.1) is 3.57 Å². The van der Waals surface area contributed by atoms with Crippen LogP contribution in [0.3, 0.4) is 0 Å². The molecule has 2 heterocycles. The monoisotopic (exact) mass is 476 g/mol. The number of phenols is 1. The number of rotatable bonds is 3. The van der Waals surface area contributed by atoms with Crippen LogP contribution >= 0.6 is 33.9 Å². The van der Waals surface area contributed by atoms with Gasteiger partial charge in [-0.2, -0.15) is 0 Å². The molecule has 130 valence electrons. The molecule has 4 aromatic rings. The van der Waals surface area contributed by atoms with Crippen molar-refractivity contribution >= 4 is 44.1 Å². The lowest BCUT2D eigenvalue weighted by molar-refractivity contribution is 0.372. The number of benzene rings is 2. The summed E-state index contributed by atoms with van der Waals surface area (Å²) in [5.41, 5.74) is 1.54. The quantitative estimate of drug-likeness (QED) is 0.423. The lowest BCUT2D eigenvalue weighted by atomic mass is 10.1. The summed E-state index contributed by atoms with van der Waals surface area (Å²) < 4.78 is 5.82. The molecule has 0 spiro atoms. The fourth-order valence-corrected chi connectivity index (χ4v) is 4.32. The minimum absolute atomic E-state index is 0.0720. The third kappa shape index (κ3) is 2.97. The maximum Gasteiger partial charge on any atom is 0.259 e. The van der Waals surface area contributed by atoms with Gasteiger partial charge in [0.2, 0.25) is 0 Å². The summed E-state index contributed by atoms with van der Waals surface area (Å²) in [7, 11) is 1.49. The summed E-state index contributed by atoms with van der Waals surface area (Å²) in [6, 6.07) is 15.2. The van der Waals surface area contributed by atoms with Gasteiger partial charge in [-0.15, -0.1) is 11.3 Å². The highest BCUT2D eigenvalue weighted by Gasteiger charge is 2.14. The van der Waals surface area contributed by atoms with Gasteiger partial charge < -0.3 is 14.8 Å². The summed E-state index contributed by atoms with van der Waals surface area (Å²) in [5.74, 6) is 0.855. The van der Waals surface area contributed by atoms with E-state index in [0.717, 1.165) is 10.4 Å². The first-order valence-corrected chi connectivity index (χ1v) is 9.62. The number of aromatic hydroxyl groups is 1. The van der Waals surface area contributed by atoms with Crippen molar-refractivity contribution in [3.8, 4) is 33.3 Å². The normalized spacial score (nSPS) is 11.0. The van der Waals surface area contributed by atoms with Crippen LogP contribution in [0.1, 0.15) is 0 Å². The van der Waals surface area contributed by atoms with Gasteiger partial charge >= 0.3 is 0 Å². The summed E-state index contributed by atoms with van der Waals surface area (Å²) >= 11 is 3.49. The van der Waals surface area contributed by atoms with Gasteiger partial charge in [0.15, 0.2) is 11.5 Å². The number of phenolic OH excluding ortho intramolecular Hbond substituents is 1. The Morgan fingerprint density at radius 3 is 2.65 bits per heavy atom. The third-order valence-electron chi connectivity index (χ3n) is 3.98. The van der Waals surface area contributed by atoms with Gasteiger partial charge in [-0.25, -0.2) is 4.98 Å². The molecule has 0 unspecified atom stereocenters. The Bertz CT molecular complexity index is 1170. The minimum Gasteiger partial charge on any atom is -0.504 e. The molecule has 0 aliphatic heterocycles. The van der Waals surface area contributed by atoms with Gasteiger partial charge in [-0.3, -0.25) is 4.79 Å². The Labute approximate surface area is 166 Å². The first-order valence-electron chi connectivity index (χ1n) is 7.73. The lowest BCUT2D eigenvalue weighted by Gasteiger charge is -2.08. The number of H-pyrrole nitrogens is 1. The smallest absolute Gasteiger partial charge is 0.259 e. The molecule has 0 aliphatic rings. The molecule has 2 aromatic carbocycles. The number of methoxy groups -OCH3 is 1. The Hall–Kier alpha value is -2.39. The molecule has 0 aliphatic carbocycles. The van der Waals surface area contributed by atoms with E-state index >= 15 is 0 Å². The van der Waals surface area contributed by atoms with Crippen LogP contribution in [0.4, 0.5) is 0 Å².